The summed E-state index contributed by atoms with van der Waals surface area (Å²) in [6, 6.07) is 8.88. The molecule has 1 aliphatic heterocycles. The van der Waals surface area contributed by atoms with Gasteiger partial charge in [-0.25, -0.2) is 0 Å². The maximum Gasteiger partial charge on any atom is 0.118 e. The summed E-state index contributed by atoms with van der Waals surface area (Å²) in [6.45, 7) is 4.22. The van der Waals surface area contributed by atoms with Gasteiger partial charge in [0.2, 0.25) is 0 Å². The van der Waals surface area contributed by atoms with Gasteiger partial charge in [-0.15, -0.1) is 0 Å². The predicted octanol–water partition coefficient (Wildman–Crippen LogP) is 3.18. The highest BCUT2D eigenvalue weighted by Crippen LogP contribution is 2.20. The van der Waals surface area contributed by atoms with E-state index >= 15 is 0 Å². The van der Waals surface area contributed by atoms with Crippen LogP contribution < -0.4 is 10.1 Å². The summed E-state index contributed by atoms with van der Waals surface area (Å²) in [5, 5.41) is 3.65. The third kappa shape index (κ3) is 4.50. The fraction of sp³-hybridized carbons (Fsp3) is 0.647. The van der Waals surface area contributed by atoms with E-state index in [0.717, 1.165) is 31.7 Å². The van der Waals surface area contributed by atoms with E-state index < -0.39 is 0 Å². The molecule has 1 aliphatic rings. The van der Waals surface area contributed by atoms with Gasteiger partial charge in [0.15, 0.2) is 0 Å². The number of hydrogen-bond acceptors (Lipinski definition) is 3. The number of methoxy groups -OCH3 is 1. The smallest absolute Gasteiger partial charge is 0.118 e. The van der Waals surface area contributed by atoms with Gasteiger partial charge in [-0.2, -0.15) is 0 Å². The fourth-order valence-corrected chi connectivity index (χ4v) is 2.78. The standard InChI is InChI=1S/C17H27NO2/c1-3-12-18-16(17-5-4-13-20-17)11-8-14-6-9-15(19-2)10-7-14/h6-7,9-10,16-18H,3-5,8,11-13H2,1-2H3. The van der Waals surface area contributed by atoms with Crippen LogP contribution in [-0.2, 0) is 11.2 Å². The zero-order valence-corrected chi connectivity index (χ0v) is 12.7. The summed E-state index contributed by atoms with van der Waals surface area (Å²) < 4.78 is 11.1. The zero-order chi connectivity index (χ0) is 14.2. The number of aryl methyl sites for hydroxylation is 1. The molecule has 1 aromatic carbocycles. The van der Waals surface area contributed by atoms with Gasteiger partial charge in [0, 0.05) is 12.6 Å². The zero-order valence-electron chi connectivity index (χ0n) is 12.7. The van der Waals surface area contributed by atoms with Crippen LogP contribution >= 0.6 is 0 Å². The Balaban J connectivity index is 1.86. The van der Waals surface area contributed by atoms with Crippen molar-refractivity contribution in [2.75, 3.05) is 20.3 Å². The second kappa shape index (κ2) is 8.28. The molecule has 112 valence electrons. The lowest BCUT2D eigenvalue weighted by Gasteiger charge is -2.24. The van der Waals surface area contributed by atoms with Crippen LogP contribution in [-0.4, -0.2) is 32.4 Å². The van der Waals surface area contributed by atoms with Crippen molar-refractivity contribution in [2.45, 2.75) is 51.2 Å². The Labute approximate surface area is 122 Å². The largest absolute Gasteiger partial charge is 0.497 e. The summed E-state index contributed by atoms with van der Waals surface area (Å²) >= 11 is 0. The number of benzene rings is 1. The minimum absolute atomic E-state index is 0.403. The average molecular weight is 277 g/mol. The molecular formula is C17H27NO2. The molecule has 0 radical (unpaired) electrons. The number of nitrogens with one attached hydrogen (secondary N) is 1. The van der Waals surface area contributed by atoms with Gasteiger partial charge in [-0.3, -0.25) is 0 Å². The molecule has 0 amide bonds. The van der Waals surface area contributed by atoms with Crippen LogP contribution in [0.25, 0.3) is 0 Å². The Morgan fingerprint density at radius 2 is 2.15 bits per heavy atom. The molecule has 0 aromatic heterocycles. The van der Waals surface area contributed by atoms with Crippen molar-refractivity contribution in [3.05, 3.63) is 29.8 Å². The molecule has 2 rings (SSSR count). The normalized spacial score (nSPS) is 20.0. The molecule has 3 nitrogen and oxygen atoms in total. The molecule has 2 unspecified atom stereocenters. The quantitative estimate of drug-likeness (QED) is 0.791. The predicted molar refractivity (Wildman–Crippen MR) is 82.4 cm³/mol. The van der Waals surface area contributed by atoms with Crippen LogP contribution in [0.3, 0.4) is 0 Å². The molecule has 1 aromatic rings. The highest BCUT2D eigenvalue weighted by Gasteiger charge is 2.24. The van der Waals surface area contributed by atoms with Crippen molar-refractivity contribution >= 4 is 0 Å². The van der Waals surface area contributed by atoms with Gasteiger partial charge in [0.25, 0.3) is 0 Å². The van der Waals surface area contributed by atoms with Crippen LogP contribution in [0.2, 0.25) is 0 Å². The van der Waals surface area contributed by atoms with Crippen LogP contribution in [0, 0.1) is 0 Å². The lowest BCUT2D eigenvalue weighted by molar-refractivity contribution is 0.0757. The molecule has 20 heavy (non-hydrogen) atoms. The van der Waals surface area contributed by atoms with E-state index in [1.807, 2.05) is 12.1 Å². The van der Waals surface area contributed by atoms with Crippen LogP contribution in [0.5, 0.6) is 5.75 Å². The number of ether oxygens (including phenoxy) is 2. The molecule has 0 bridgehead atoms. The number of rotatable bonds is 8. The molecular weight excluding hydrogens is 250 g/mol. The Morgan fingerprint density at radius 3 is 2.75 bits per heavy atom. The Hall–Kier alpha value is -1.06. The van der Waals surface area contributed by atoms with Crippen LogP contribution in [0.4, 0.5) is 0 Å². The molecule has 0 spiro atoms. The van der Waals surface area contributed by atoms with Gasteiger partial charge in [-0.05, 0) is 56.3 Å². The monoisotopic (exact) mass is 277 g/mol. The maximum atomic E-state index is 5.85. The van der Waals surface area contributed by atoms with E-state index in [1.165, 1.54) is 24.8 Å². The molecule has 0 saturated carbocycles. The Kier molecular flexibility index (Phi) is 6.34. The van der Waals surface area contributed by atoms with E-state index in [0.29, 0.717) is 12.1 Å². The number of hydrogen-bond donors (Lipinski definition) is 1. The summed E-state index contributed by atoms with van der Waals surface area (Å²) in [4.78, 5) is 0. The van der Waals surface area contributed by atoms with E-state index in [9.17, 15) is 0 Å². The van der Waals surface area contributed by atoms with Crippen LogP contribution in [0.1, 0.15) is 38.2 Å². The van der Waals surface area contributed by atoms with Crippen molar-refractivity contribution in [3.8, 4) is 5.75 Å². The lowest BCUT2D eigenvalue weighted by Crippen LogP contribution is -2.40. The molecule has 1 saturated heterocycles. The second-order valence-corrected chi connectivity index (χ2v) is 5.50. The third-order valence-corrected chi connectivity index (χ3v) is 3.97. The highest BCUT2D eigenvalue weighted by molar-refractivity contribution is 5.27. The van der Waals surface area contributed by atoms with Gasteiger partial charge >= 0.3 is 0 Å². The topological polar surface area (TPSA) is 30.5 Å². The SMILES string of the molecule is CCCNC(CCc1ccc(OC)cc1)C1CCCO1. The molecule has 1 heterocycles. The Morgan fingerprint density at radius 1 is 1.35 bits per heavy atom. The summed E-state index contributed by atoms with van der Waals surface area (Å²) in [5.74, 6) is 0.925. The first kappa shape index (κ1) is 15.3. The highest BCUT2D eigenvalue weighted by atomic mass is 16.5. The van der Waals surface area contributed by atoms with Crippen molar-refractivity contribution in [1.29, 1.82) is 0 Å². The van der Waals surface area contributed by atoms with E-state index in [2.05, 4.69) is 24.4 Å². The van der Waals surface area contributed by atoms with E-state index in [4.69, 9.17) is 9.47 Å². The maximum absolute atomic E-state index is 5.85. The van der Waals surface area contributed by atoms with Crippen molar-refractivity contribution in [2.24, 2.45) is 0 Å². The van der Waals surface area contributed by atoms with Gasteiger partial charge in [0.05, 0.1) is 13.2 Å². The Bertz CT molecular complexity index is 371. The minimum Gasteiger partial charge on any atom is -0.497 e. The van der Waals surface area contributed by atoms with E-state index in [1.54, 1.807) is 7.11 Å². The average Bonchev–Trinajstić information content (AvgIpc) is 3.02. The first-order valence-corrected chi connectivity index (χ1v) is 7.81. The fourth-order valence-electron chi connectivity index (χ4n) is 2.78. The van der Waals surface area contributed by atoms with Gasteiger partial charge in [0.1, 0.15) is 5.75 Å². The van der Waals surface area contributed by atoms with Crippen molar-refractivity contribution in [1.82, 2.24) is 5.32 Å². The van der Waals surface area contributed by atoms with E-state index in [-0.39, 0.29) is 0 Å². The summed E-state index contributed by atoms with van der Waals surface area (Å²) in [6.07, 6.45) is 6.20. The van der Waals surface area contributed by atoms with Crippen molar-refractivity contribution in [3.63, 3.8) is 0 Å². The van der Waals surface area contributed by atoms with Crippen molar-refractivity contribution < 1.29 is 9.47 Å². The lowest BCUT2D eigenvalue weighted by atomic mass is 9.99. The van der Waals surface area contributed by atoms with Gasteiger partial charge in [-0.1, -0.05) is 19.1 Å². The summed E-state index contributed by atoms with van der Waals surface area (Å²) in [7, 11) is 1.71. The van der Waals surface area contributed by atoms with Crippen LogP contribution in [0.15, 0.2) is 24.3 Å². The second-order valence-electron chi connectivity index (χ2n) is 5.50. The third-order valence-electron chi connectivity index (χ3n) is 3.97. The molecule has 0 aliphatic carbocycles. The first-order chi connectivity index (χ1) is 9.83. The molecule has 1 fully saturated rings. The first-order valence-electron chi connectivity index (χ1n) is 7.81. The minimum atomic E-state index is 0.403. The molecule has 3 heteroatoms. The van der Waals surface area contributed by atoms with Gasteiger partial charge < -0.3 is 14.8 Å². The molecule has 2 atom stereocenters. The summed E-state index contributed by atoms with van der Waals surface area (Å²) in [5.41, 5.74) is 1.37. The molecule has 1 N–H and O–H groups in total.